The molecule has 4 heteroatoms. The SMILES string of the molecule is CCOC(CCN1CC(C)OCC1CC)OCC. The van der Waals surface area contributed by atoms with Crippen LogP contribution in [-0.4, -0.2) is 56.2 Å². The summed E-state index contributed by atoms with van der Waals surface area (Å²) in [5.41, 5.74) is 0. The molecule has 1 aliphatic heterocycles. The first kappa shape index (κ1) is 15.9. The molecule has 0 bridgehead atoms. The van der Waals surface area contributed by atoms with E-state index in [0.717, 1.165) is 32.5 Å². The molecule has 0 aromatic heterocycles. The van der Waals surface area contributed by atoms with E-state index >= 15 is 0 Å². The number of rotatable bonds is 8. The quantitative estimate of drug-likeness (QED) is 0.626. The normalized spacial score (nSPS) is 25.8. The van der Waals surface area contributed by atoms with Gasteiger partial charge < -0.3 is 14.2 Å². The van der Waals surface area contributed by atoms with Crippen LogP contribution in [-0.2, 0) is 14.2 Å². The third-order valence-corrected chi connectivity index (χ3v) is 3.41. The van der Waals surface area contributed by atoms with E-state index in [9.17, 15) is 0 Å². The minimum atomic E-state index is -0.0596. The Morgan fingerprint density at radius 2 is 1.89 bits per heavy atom. The van der Waals surface area contributed by atoms with E-state index in [2.05, 4.69) is 18.7 Å². The summed E-state index contributed by atoms with van der Waals surface area (Å²) in [6, 6.07) is 0.546. The largest absolute Gasteiger partial charge is 0.376 e. The molecule has 1 saturated heterocycles. The minimum Gasteiger partial charge on any atom is -0.376 e. The van der Waals surface area contributed by atoms with Crippen molar-refractivity contribution in [3.05, 3.63) is 0 Å². The second-order valence-corrected chi connectivity index (χ2v) is 4.83. The third-order valence-electron chi connectivity index (χ3n) is 3.41. The van der Waals surface area contributed by atoms with Gasteiger partial charge in [-0.25, -0.2) is 0 Å². The number of ether oxygens (including phenoxy) is 3. The highest BCUT2D eigenvalue weighted by Gasteiger charge is 2.25. The van der Waals surface area contributed by atoms with Gasteiger partial charge in [0.15, 0.2) is 6.29 Å². The molecular weight excluding hydrogens is 230 g/mol. The zero-order valence-corrected chi connectivity index (χ0v) is 12.4. The standard InChI is InChI=1S/C14H29NO3/c1-5-13-11-18-12(4)10-15(13)9-8-14(16-6-2)17-7-3/h12-14H,5-11H2,1-4H3. The molecule has 0 amide bonds. The van der Waals surface area contributed by atoms with Crippen molar-refractivity contribution in [1.82, 2.24) is 4.90 Å². The molecule has 0 spiro atoms. The lowest BCUT2D eigenvalue weighted by atomic mass is 10.1. The van der Waals surface area contributed by atoms with E-state index in [1.54, 1.807) is 0 Å². The van der Waals surface area contributed by atoms with Crippen LogP contribution in [0.3, 0.4) is 0 Å². The van der Waals surface area contributed by atoms with E-state index in [1.165, 1.54) is 0 Å². The van der Waals surface area contributed by atoms with Crippen molar-refractivity contribution in [2.75, 3.05) is 32.9 Å². The zero-order valence-electron chi connectivity index (χ0n) is 12.4. The van der Waals surface area contributed by atoms with Gasteiger partial charge in [0.2, 0.25) is 0 Å². The summed E-state index contributed by atoms with van der Waals surface area (Å²) in [4.78, 5) is 2.51. The summed E-state index contributed by atoms with van der Waals surface area (Å²) in [7, 11) is 0. The second-order valence-electron chi connectivity index (χ2n) is 4.83. The Morgan fingerprint density at radius 1 is 1.22 bits per heavy atom. The topological polar surface area (TPSA) is 30.9 Å². The van der Waals surface area contributed by atoms with Crippen molar-refractivity contribution in [1.29, 1.82) is 0 Å². The van der Waals surface area contributed by atoms with Crippen LogP contribution in [0.5, 0.6) is 0 Å². The van der Waals surface area contributed by atoms with Crippen molar-refractivity contribution in [3.8, 4) is 0 Å². The molecule has 1 heterocycles. The smallest absolute Gasteiger partial charge is 0.158 e. The van der Waals surface area contributed by atoms with E-state index in [1.807, 2.05) is 13.8 Å². The molecule has 0 aromatic rings. The maximum Gasteiger partial charge on any atom is 0.158 e. The fourth-order valence-corrected chi connectivity index (χ4v) is 2.42. The summed E-state index contributed by atoms with van der Waals surface area (Å²) in [5.74, 6) is 0. The summed E-state index contributed by atoms with van der Waals surface area (Å²) in [6.07, 6.45) is 2.35. The van der Waals surface area contributed by atoms with Crippen LogP contribution in [0.4, 0.5) is 0 Å². The van der Waals surface area contributed by atoms with Gasteiger partial charge in [-0.05, 0) is 27.2 Å². The van der Waals surface area contributed by atoms with Crippen molar-refractivity contribution in [2.24, 2.45) is 0 Å². The van der Waals surface area contributed by atoms with Gasteiger partial charge in [0.25, 0.3) is 0 Å². The van der Waals surface area contributed by atoms with Gasteiger partial charge in [-0.2, -0.15) is 0 Å². The molecule has 2 unspecified atom stereocenters. The maximum absolute atomic E-state index is 5.71. The Kier molecular flexibility index (Phi) is 7.82. The molecule has 1 aliphatic rings. The number of nitrogens with zero attached hydrogens (tertiary/aromatic N) is 1. The predicted molar refractivity (Wildman–Crippen MR) is 72.7 cm³/mol. The molecular formula is C14H29NO3. The molecule has 108 valence electrons. The summed E-state index contributed by atoms with van der Waals surface area (Å²) >= 11 is 0. The fraction of sp³-hybridized carbons (Fsp3) is 1.00. The van der Waals surface area contributed by atoms with Crippen molar-refractivity contribution < 1.29 is 14.2 Å². The van der Waals surface area contributed by atoms with Crippen molar-refractivity contribution in [3.63, 3.8) is 0 Å². The van der Waals surface area contributed by atoms with E-state index in [4.69, 9.17) is 14.2 Å². The van der Waals surface area contributed by atoms with Gasteiger partial charge in [-0.3, -0.25) is 4.90 Å². The van der Waals surface area contributed by atoms with Gasteiger partial charge in [0.1, 0.15) is 0 Å². The van der Waals surface area contributed by atoms with Gasteiger partial charge in [0.05, 0.1) is 12.7 Å². The molecule has 0 radical (unpaired) electrons. The van der Waals surface area contributed by atoms with Gasteiger partial charge in [-0.15, -0.1) is 0 Å². The first-order chi connectivity index (χ1) is 8.71. The van der Waals surface area contributed by atoms with Crippen LogP contribution in [0.15, 0.2) is 0 Å². The Morgan fingerprint density at radius 3 is 2.44 bits per heavy atom. The lowest BCUT2D eigenvalue weighted by molar-refractivity contribution is -0.146. The Labute approximate surface area is 112 Å². The van der Waals surface area contributed by atoms with E-state index in [0.29, 0.717) is 25.4 Å². The summed E-state index contributed by atoms with van der Waals surface area (Å²) in [5, 5.41) is 0. The summed E-state index contributed by atoms with van der Waals surface area (Å²) in [6.45, 7) is 12.7. The van der Waals surface area contributed by atoms with Crippen LogP contribution in [0.2, 0.25) is 0 Å². The molecule has 1 rings (SSSR count). The molecule has 4 nitrogen and oxygen atoms in total. The summed E-state index contributed by atoms with van der Waals surface area (Å²) < 4.78 is 16.9. The molecule has 0 aromatic carbocycles. The van der Waals surface area contributed by atoms with E-state index in [-0.39, 0.29) is 6.29 Å². The minimum absolute atomic E-state index is 0.0596. The van der Waals surface area contributed by atoms with Crippen LogP contribution in [0.25, 0.3) is 0 Å². The average molecular weight is 259 g/mol. The van der Waals surface area contributed by atoms with Crippen LogP contribution in [0.1, 0.15) is 40.5 Å². The Bertz CT molecular complexity index is 207. The highest BCUT2D eigenvalue weighted by Crippen LogP contribution is 2.16. The molecule has 18 heavy (non-hydrogen) atoms. The first-order valence-corrected chi connectivity index (χ1v) is 7.30. The number of morpholine rings is 1. The molecule has 0 saturated carbocycles. The molecule has 0 aliphatic carbocycles. The average Bonchev–Trinajstić information content (AvgIpc) is 2.36. The van der Waals surface area contributed by atoms with Crippen LogP contribution >= 0.6 is 0 Å². The molecule has 2 atom stereocenters. The highest BCUT2D eigenvalue weighted by atomic mass is 16.7. The third kappa shape index (κ3) is 5.22. The fourth-order valence-electron chi connectivity index (χ4n) is 2.42. The molecule has 0 N–H and O–H groups in total. The number of hydrogen-bond donors (Lipinski definition) is 0. The lowest BCUT2D eigenvalue weighted by Crippen LogP contribution is -2.49. The highest BCUT2D eigenvalue weighted by molar-refractivity contribution is 4.77. The van der Waals surface area contributed by atoms with Gasteiger partial charge >= 0.3 is 0 Å². The van der Waals surface area contributed by atoms with Crippen molar-refractivity contribution >= 4 is 0 Å². The Balaban J connectivity index is 2.37. The Hall–Kier alpha value is -0.160. The predicted octanol–water partition coefficient (Wildman–Crippen LogP) is 2.27. The lowest BCUT2D eigenvalue weighted by Gasteiger charge is -2.38. The van der Waals surface area contributed by atoms with Gasteiger partial charge in [0, 0.05) is 38.8 Å². The second kappa shape index (κ2) is 8.86. The zero-order chi connectivity index (χ0) is 13.4. The van der Waals surface area contributed by atoms with Gasteiger partial charge in [-0.1, -0.05) is 6.92 Å². The van der Waals surface area contributed by atoms with Crippen molar-refractivity contribution in [2.45, 2.75) is 59.0 Å². The monoisotopic (exact) mass is 259 g/mol. The number of hydrogen-bond acceptors (Lipinski definition) is 4. The van der Waals surface area contributed by atoms with Crippen LogP contribution < -0.4 is 0 Å². The van der Waals surface area contributed by atoms with Crippen LogP contribution in [0, 0.1) is 0 Å². The van der Waals surface area contributed by atoms with E-state index < -0.39 is 0 Å². The first-order valence-electron chi connectivity index (χ1n) is 7.30. The molecule has 1 fully saturated rings. The maximum atomic E-state index is 5.71.